The molecule has 0 amide bonds. The highest BCUT2D eigenvalue weighted by molar-refractivity contribution is 5.74. The number of ether oxygens (including phenoxy) is 1. The van der Waals surface area contributed by atoms with Crippen molar-refractivity contribution in [2.24, 2.45) is 0 Å². The Bertz CT molecular complexity index is 1100. The van der Waals surface area contributed by atoms with E-state index in [1.807, 2.05) is 24.3 Å². The zero-order chi connectivity index (χ0) is 22.1. The van der Waals surface area contributed by atoms with Crippen LogP contribution < -0.4 is 15.0 Å². The van der Waals surface area contributed by atoms with Crippen molar-refractivity contribution in [1.29, 1.82) is 0 Å². The summed E-state index contributed by atoms with van der Waals surface area (Å²) in [5.41, 5.74) is 3.23. The van der Waals surface area contributed by atoms with Crippen LogP contribution >= 0.6 is 0 Å². The Labute approximate surface area is 187 Å². The van der Waals surface area contributed by atoms with Crippen molar-refractivity contribution in [3.05, 3.63) is 42.6 Å². The maximum Gasteiger partial charge on any atom is 0.233 e. The van der Waals surface area contributed by atoms with E-state index >= 15 is 0 Å². The standard InChI is InChI=1S/C24H28N6O2/c1-24(9-3-10-24)26-18-8-11-30(15-18)22-7-6-20(27-28-22)19-5-4-16(12-21(19)31)17-13-23(32-2)29-25-14-17/h4-7,12-14,18,26,31H,3,8-11,15H2,1-2H3. The van der Waals surface area contributed by atoms with Crippen molar-refractivity contribution in [3.63, 3.8) is 0 Å². The first-order valence-electron chi connectivity index (χ1n) is 11.1. The van der Waals surface area contributed by atoms with Crippen LogP contribution in [-0.4, -0.2) is 57.3 Å². The van der Waals surface area contributed by atoms with Crippen molar-refractivity contribution >= 4 is 5.82 Å². The van der Waals surface area contributed by atoms with E-state index in [1.165, 1.54) is 19.3 Å². The average molecular weight is 433 g/mol. The Morgan fingerprint density at radius 3 is 2.66 bits per heavy atom. The van der Waals surface area contributed by atoms with Gasteiger partial charge in [-0.25, -0.2) is 0 Å². The highest BCUT2D eigenvalue weighted by Crippen LogP contribution is 2.34. The van der Waals surface area contributed by atoms with E-state index in [9.17, 15) is 5.11 Å². The number of aromatic nitrogens is 4. The van der Waals surface area contributed by atoms with E-state index in [0.717, 1.165) is 36.5 Å². The average Bonchev–Trinajstić information content (AvgIpc) is 3.26. The molecule has 0 radical (unpaired) electrons. The van der Waals surface area contributed by atoms with Crippen LogP contribution in [0.1, 0.15) is 32.6 Å². The summed E-state index contributed by atoms with van der Waals surface area (Å²) < 4.78 is 5.13. The van der Waals surface area contributed by atoms with E-state index in [-0.39, 0.29) is 5.75 Å². The predicted molar refractivity (Wildman–Crippen MR) is 123 cm³/mol. The topological polar surface area (TPSA) is 96.3 Å². The Morgan fingerprint density at radius 2 is 1.97 bits per heavy atom. The van der Waals surface area contributed by atoms with Crippen LogP contribution in [0.25, 0.3) is 22.4 Å². The van der Waals surface area contributed by atoms with Gasteiger partial charge in [-0.05, 0) is 62.4 Å². The fourth-order valence-electron chi connectivity index (χ4n) is 4.60. The molecule has 1 saturated heterocycles. The van der Waals surface area contributed by atoms with Crippen molar-refractivity contribution in [2.75, 3.05) is 25.1 Å². The predicted octanol–water partition coefficient (Wildman–Crippen LogP) is 3.43. The monoisotopic (exact) mass is 432 g/mol. The minimum absolute atomic E-state index is 0.138. The second kappa shape index (κ2) is 8.35. The van der Waals surface area contributed by atoms with Gasteiger partial charge in [-0.15, -0.1) is 15.3 Å². The molecule has 2 N–H and O–H groups in total. The van der Waals surface area contributed by atoms with E-state index < -0.39 is 0 Å². The SMILES string of the molecule is COc1cc(-c2ccc(-c3ccc(N4CCC(NC5(C)CCC5)C4)nn3)c(O)c2)cnn1. The fraction of sp³-hybridized carbons (Fsp3) is 0.417. The number of aromatic hydroxyl groups is 1. The van der Waals surface area contributed by atoms with Gasteiger partial charge in [0, 0.05) is 41.9 Å². The van der Waals surface area contributed by atoms with Crippen LogP contribution in [0.5, 0.6) is 11.6 Å². The van der Waals surface area contributed by atoms with Crippen LogP contribution in [-0.2, 0) is 0 Å². The summed E-state index contributed by atoms with van der Waals surface area (Å²) >= 11 is 0. The van der Waals surface area contributed by atoms with Crippen LogP contribution in [0.2, 0.25) is 0 Å². The molecule has 2 aromatic heterocycles. The molecule has 1 aromatic carbocycles. The van der Waals surface area contributed by atoms with Crippen molar-refractivity contribution in [2.45, 2.75) is 44.2 Å². The Balaban J connectivity index is 1.29. The molecule has 166 valence electrons. The van der Waals surface area contributed by atoms with Crippen LogP contribution in [0, 0.1) is 0 Å². The Kier molecular flexibility index (Phi) is 5.38. The summed E-state index contributed by atoms with van der Waals surface area (Å²) in [4.78, 5) is 2.28. The number of benzene rings is 1. The summed E-state index contributed by atoms with van der Waals surface area (Å²) in [5, 5.41) is 31.1. The van der Waals surface area contributed by atoms with Gasteiger partial charge in [0.2, 0.25) is 5.88 Å². The van der Waals surface area contributed by atoms with Crippen molar-refractivity contribution in [3.8, 4) is 34.0 Å². The number of methoxy groups -OCH3 is 1. The number of hydrogen-bond donors (Lipinski definition) is 2. The van der Waals surface area contributed by atoms with Gasteiger partial charge in [0.25, 0.3) is 0 Å². The molecule has 2 aliphatic rings. The van der Waals surface area contributed by atoms with Gasteiger partial charge < -0.3 is 20.1 Å². The van der Waals surface area contributed by atoms with Gasteiger partial charge in [-0.2, -0.15) is 5.10 Å². The lowest BCUT2D eigenvalue weighted by Crippen LogP contribution is -2.53. The fourth-order valence-corrected chi connectivity index (χ4v) is 4.60. The number of phenols is 1. The molecule has 0 spiro atoms. The smallest absolute Gasteiger partial charge is 0.233 e. The van der Waals surface area contributed by atoms with Gasteiger partial charge in [0.15, 0.2) is 5.82 Å². The molecular formula is C24H28N6O2. The highest BCUT2D eigenvalue weighted by Gasteiger charge is 2.35. The Hall–Kier alpha value is -3.26. The molecular weight excluding hydrogens is 404 g/mol. The summed E-state index contributed by atoms with van der Waals surface area (Å²) in [6.45, 7) is 4.26. The molecule has 1 aliphatic carbocycles. The van der Waals surface area contributed by atoms with Gasteiger partial charge in [0.1, 0.15) is 5.75 Å². The van der Waals surface area contributed by atoms with Gasteiger partial charge >= 0.3 is 0 Å². The molecule has 32 heavy (non-hydrogen) atoms. The van der Waals surface area contributed by atoms with E-state index in [2.05, 4.69) is 37.5 Å². The number of hydrogen-bond acceptors (Lipinski definition) is 8. The first kappa shape index (κ1) is 20.6. The van der Waals surface area contributed by atoms with E-state index in [4.69, 9.17) is 4.74 Å². The van der Waals surface area contributed by atoms with Crippen molar-refractivity contribution < 1.29 is 9.84 Å². The maximum atomic E-state index is 10.6. The first-order valence-corrected chi connectivity index (χ1v) is 11.1. The number of nitrogens with one attached hydrogen (secondary N) is 1. The van der Waals surface area contributed by atoms with Gasteiger partial charge in [-0.1, -0.05) is 6.07 Å². The Morgan fingerprint density at radius 1 is 1.09 bits per heavy atom. The normalized spacial score (nSPS) is 19.6. The summed E-state index contributed by atoms with van der Waals surface area (Å²) in [6, 6.07) is 11.6. The quantitative estimate of drug-likeness (QED) is 0.612. The third-order valence-corrected chi connectivity index (χ3v) is 6.62. The summed E-state index contributed by atoms with van der Waals surface area (Å²) in [7, 11) is 1.55. The third-order valence-electron chi connectivity index (χ3n) is 6.62. The zero-order valence-corrected chi connectivity index (χ0v) is 18.5. The second-order valence-electron chi connectivity index (χ2n) is 8.99. The van der Waals surface area contributed by atoms with Crippen molar-refractivity contribution in [1.82, 2.24) is 25.7 Å². The third kappa shape index (κ3) is 4.10. The molecule has 1 saturated carbocycles. The molecule has 3 heterocycles. The summed E-state index contributed by atoms with van der Waals surface area (Å²) in [5.74, 6) is 1.44. The van der Waals surface area contributed by atoms with Gasteiger partial charge in [-0.3, -0.25) is 0 Å². The second-order valence-corrected chi connectivity index (χ2v) is 8.99. The largest absolute Gasteiger partial charge is 0.507 e. The molecule has 5 rings (SSSR count). The molecule has 8 nitrogen and oxygen atoms in total. The number of anilines is 1. The lowest BCUT2D eigenvalue weighted by Gasteiger charge is -2.41. The first-order chi connectivity index (χ1) is 15.5. The molecule has 1 unspecified atom stereocenters. The van der Waals surface area contributed by atoms with E-state index in [0.29, 0.717) is 28.7 Å². The van der Waals surface area contributed by atoms with Crippen LogP contribution in [0.3, 0.4) is 0 Å². The maximum absolute atomic E-state index is 10.6. The van der Waals surface area contributed by atoms with Crippen LogP contribution in [0.15, 0.2) is 42.6 Å². The number of phenolic OH excluding ortho intramolecular Hbond substituents is 1. The van der Waals surface area contributed by atoms with E-state index in [1.54, 1.807) is 25.4 Å². The lowest BCUT2D eigenvalue weighted by atomic mass is 9.78. The molecule has 0 bridgehead atoms. The minimum Gasteiger partial charge on any atom is -0.507 e. The van der Waals surface area contributed by atoms with Crippen LogP contribution in [0.4, 0.5) is 5.82 Å². The highest BCUT2D eigenvalue weighted by atomic mass is 16.5. The number of nitrogens with zero attached hydrogens (tertiary/aromatic N) is 5. The molecule has 1 aliphatic heterocycles. The summed E-state index contributed by atoms with van der Waals surface area (Å²) in [6.07, 6.45) is 6.62. The molecule has 2 fully saturated rings. The number of rotatable bonds is 6. The molecule has 1 atom stereocenters. The minimum atomic E-state index is 0.138. The van der Waals surface area contributed by atoms with Gasteiger partial charge in [0.05, 0.1) is 19.0 Å². The molecule has 3 aromatic rings. The zero-order valence-electron chi connectivity index (χ0n) is 18.5. The molecule has 8 heteroatoms. The lowest BCUT2D eigenvalue weighted by molar-refractivity contribution is 0.189.